The average Bonchev–Trinajstić information content (AvgIpc) is 1.65. The molecular formula is C75H75BBr2F2N6O9. The van der Waals surface area contributed by atoms with Crippen molar-refractivity contribution in [1.29, 1.82) is 0 Å². The van der Waals surface area contributed by atoms with Gasteiger partial charge in [0.05, 0.1) is 33.4 Å². The van der Waals surface area contributed by atoms with Gasteiger partial charge in [0.15, 0.2) is 0 Å². The Morgan fingerprint density at radius 2 is 0.726 bits per heavy atom. The molecule has 3 fully saturated rings. The van der Waals surface area contributed by atoms with Crippen LogP contribution < -0.4 is 11.2 Å². The van der Waals surface area contributed by atoms with Crippen LogP contribution in [0.2, 0.25) is 0 Å². The first-order valence-corrected chi connectivity index (χ1v) is 33.8. The SMILES string of the molecule is NCCc1ccc(CN2CCCC2)cc1.O=C1OC(=O)c2cc(Br)ccc21.O=C1c2ccc(-c3ccc(F)cc3)cc2C(=O)N1CCc1ccc(CN2CCCC2)cc1.O=C1c2ccc(Br)cc2C(=O)N1CCc1ccc(CN2CCCC2)cc1.OB(O)c1ccc(F)cc1. The van der Waals surface area contributed by atoms with Gasteiger partial charge in [-0.2, -0.15) is 0 Å². The number of hydrogen-bond donors (Lipinski definition) is 3. The summed E-state index contributed by atoms with van der Waals surface area (Å²) in [4.78, 5) is 82.8. The van der Waals surface area contributed by atoms with Crippen molar-refractivity contribution in [3.05, 3.63) is 263 Å². The van der Waals surface area contributed by atoms with Crippen molar-refractivity contribution in [2.75, 3.05) is 58.9 Å². The summed E-state index contributed by atoms with van der Waals surface area (Å²) in [6.45, 7) is 11.9. The minimum absolute atomic E-state index is 0.192. The number of imide groups is 2. The van der Waals surface area contributed by atoms with Gasteiger partial charge >= 0.3 is 19.1 Å². The molecule has 0 aliphatic carbocycles. The molecule has 95 heavy (non-hydrogen) atoms. The molecule has 4 amide bonds. The van der Waals surface area contributed by atoms with Crippen molar-refractivity contribution < 1.29 is 52.3 Å². The van der Waals surface area contributed by atoms with Crippen molar-refractivity contribution >= 4 is 80.0 Å². The lowest BCUT2D eigenvalue weighted by molar-refractivity contribution is 0.0441. The number of halogens is 4. The first-order valence-electron chi connectivity index (χ1n) is 32.2. The van der Waals surface area contributed by atoms with E-state index >= 15 is 0 Å². The number of nitrogens with two attached hydrogens (primary N) is 1. The second kappa shape index (κ2) is 33.5. The number of amides is 4. The number of cyclic esters (lactones) is 2. The van der Waals surface area contributed by atoms with Crippen molar-refractivity contribution in [3.63, 3.8) is 0 Å². The monoisotopic (exact) mass is 1410 g/mol. The number of fused-ring (bicyclic) bond motifs is 3. The quantitative estimate of drug-likeness (QED) is 0.0358. The lowest BCUT2D eigenvalue weighted by atomic mass is 9.80. The molecule has 14 rings (SSSR count). The summed E-state index contributed by atoms with van der Waals surface area (Å²) in [5.41, 5.74) is 17.6. The smallest absolute Gasteiger partial charge is 0.423 e. The number of hydrogen-bond acceptors (Lipinski definition) is 13. The van der Waals surface area contributed by atoms with E-state index in [2.05, 4.69) is 124 Å². The van der Waals surface area contributed by atoms with Gasteiger partial charge in [-0.25, -0.2) is 18.4 Å². The maximum atomic E-state index is 13.2. The van der Waals surface area contributed by atoms with Gasteiger partial charge in [-0.3, -0.25) is 43.7 Å². The van der Waals surface area contributed by atoms with Crippen LogP contribution in [0.15, 0.2) is 185 Å². The highest BCUT2D eigenvalue weighted by Gasteiger charge is 2.37. The van der Waals surface area contributed by atoms with Gasteiger partial charge in [0.1, 0.15) is 11.6 Å². The molecule has 4 N–H and O–H groups in total. The second-order valence-electron chi connectivity index (χ2n) is 24.2. The molecule has 6 aliphatic heterocycles. The zero-order valence-corrected chi connectivity index (χ0v) is 55.9. The summed E-state index contributed by atoms with van der Waals surface area (Å²) in [5, 5.41) is 17.1. The molecule has 490 valence electrons. The van der Waals surface area contributed by atoms with Crippen LogP contribution in [0.4, 0.5) is 8.78 Å². The summed E-state index contributed by atoms with van der Waals surface area (Å²) < 4.78 is 31.4. The molecule has 15 nitrogen and oxygen atoms in total. The van der Waals surface area contributed by atoms with Gasteiger partial charge in [0, 0.05) is 41.7 Å². The maximum Gasteiger partial charge on any atom is 0.488 e. The number of rotatable bonds is 16. The number of carbonyl (C=O) groups excluding carboxylic acids is 6. The molecule has 8 aromatic carbocycles. The third-order valence-electron chi connectivity index (χ3n) is 17.4. The first-order chi connectivity index (χ1) is 46.0. The predicted molar refractivity (Wildman–Crippen MR) is 370 cm³/mol. The molecule has 20 heteroatoms. The Hall–Kier alpha value is -8.18. The number of likely N-dealkylation sites (tertiary alicyclic amines) is 3. The average molecular weight is 1410 g/mol. The van der Waals surface area contributed by atoms with Crippen molar-refractivity contribution in [1.82, 2.24) is 24.5 Å². The molecule has 0 saturated carbocycles. The van der Waals surface area contributed by atoms with Crippen LogP contribution in [0.1, 0.15) is 134 Å². The first kappa shape index (κ1) is 69.6. The van der Waals surface area contributed by atoms with Crippen LogP contribution in [0.3, 0.4) is 0 Å². The molecule has 0 unspecified atom stereocenters. The Morgan fingerprint density at radius 3 is 1.15 bits per heavy atom. The van der Waals surface area contributed by atoms with E-state index in [9.17, 15) is 37.5 Å². The topological polar surface area (TPSA) is 194 Å². The Kier molecular flexibility index (Phi) is 24.5. The van der Waals surface area contributed by atoms with Gasteiger partial charge in [-0.05, 0) is 226 Å². The third kappa shape index (κ3) is 18.9. The van der Waals surface area contributed by atoms with E-state index in [0.29, 0.717) is 64.8 Å². The van der Waals surface area contributed by atoms with Gasteiger partial charge in [0.2, 0.25) is 0 Å². The lowest BCUT2D eigenvalue weighted by Crippen LogP contribution is -2.31. The van der Waals surface area contributed by atoms with E-state index in [1.165, 1.54) is 146 Å². The van der Waals surface area contributed by atoms with Crippen LogP contribution in [-0.4, -0.2) is 136 Å². The van der Waals surface area contributed by atoms with Gasteiger partial charge in [0.25, 0.3) is 23.6 Å². The molecule has 0 bridgehead atoms. The number of esters is 2. The van der Waals surface area contributed by atoms with Crippen LogP contribution >= 0.6 is 31.9 Å². The van der Waals surface area contributed by atoms with Crippen LogP contribution in [-0.2, 0) is 43.6 Å². The second-order valence-corrected chi connectivity index (χ2v) is 26.0. The zero-order valence-electron chi connectivity index (χ0n) is 52.7. The fraction of sp³-hybridized carbons (Fsp3) is 0.280. The highest BCUT2D eigenvalue weighted by atomic mass is 79.9. The minimum atomic E-state index is -1.51. The van der Waals surface area contributed by atoms with E-state index in [1.807, 2.05) is 0 Å². The Morgan fingerprint density at radius 1 is 0.389 bits per heavy atom. The number of benzene rings is 8. The maximum absolute atomic E-state index is 13.2. The van der Waals surface area contributed by atoms with Crippen molar-refractivity contribution in [2.45, 2.75) is 77.4 Å². The standard InChI is InChI=1S/C27H25FN2O2.C21H21BrN2O2.C13H20N2.C8H3BrO3.C6H6BFO2/c28-23-10-7-21(8-11-23)22-9-12-24-25(17-22)27(32)30(26(24)31)16-13-19-3-5-20(6-4-19)18-29-14-1-2-15-29;22-17-7-8-18-19(13-17)21(26)24(20(18)25)12-9-15-3-5-16(6-4-15)14-23-10-1-2-11-23;14-8-7-12-3-5-13(6-4-12)11-15-9-1-2-10-15;9-4-1-2-5-6(3-4)8(11)12-7(5)10;8-6-3-1-5(2-4-6)7(9)10/h3-12,17H,1-2,13-16,18H2;3-8,13H,1-2,9-12,14H2;3-6H,1-2,7-11,14H2;1-3H;1-4,9-10H. The molecular weight excluding hydrogens is 1340 g/mol. The van der Waals surface area contributed by atoms with E-state index in [0.717, 1.165) is 63.8 Å². The van der Waals surface area contributed by atoms with E-state index < -0.39 is 19.1 Å². The molecule has 6 aliphatic rings. The van der Waals surface area contributed by atoms with E-state index in [4.69, 9.17) is 15.8 Å². The third-order valence-corrected chi connectivity index (χ3v) is 18.4. The van der Waals surface area contributed by atoms with Crippen molar-refractivity contribution in [2.24, 2.45) is 5.73 Å². The molecule has 8 aromatic rings. The molecule has 0 spiro atoms. The van der Waals surface area contributed by atoms with Crippen LogP contribution in [0.5, 0.6) is 0 Å². The van der Waals surface area contributed by atoms with Crippen molar-refractivity contribution in [3.8, 4) is 11.1 Å². The Labute approximate surface area is 569 Å². The van der Waals surface area contributed by atoms with E-state index in [-0.39, 0.29) is 35.3 Å². The number of ether oxygens (including phenoxy) is 1. The Bertz CT molecular complexity index is 4000. The van der Waals surface area contributed by atoms with Crippen LogP contribution in [0, 0.1) is 11.6 Å². The molecule has 6 heterocycles. The zero-order chi connectivity index (χ0) is 67.0. The molecule has 3 saturated heterocycles. The lowest BCUT2D eigenvalue weighted by Gasteiger charge is -2.16. The summed E-state index contributed by atoms with van der Waals surface area (Å²) >= 11 is 6.55. The fourth-order valence-corrected chi connectivity index (χ4v) is 12.9. The highest BCUT2D eigenvalue weighted by Crippen LogP contribution is 2.31. The number of carbonyl (C=O) groups is 6. The van der Waals surface area contributed by atoms with Gasteiger partial charge < -0.3 is 20.5 Å². The fourth-order valence-electron chi connectivity index (χ4n) is 12.2. The highest BCUT2D eigenvalue weighted by molar-refractivity contribution is 9.10. The summed E-state index contributed by atoms with van der Waals surface area (Å²) in [7, 11) is -1.51. The van der Waals surface area contributed by atoms with Gasteiger partial charge in [-0.15, -0.1) is 0 Å². The molecule has 0 atom stereocenters. The number of nitrogens with zero attached hydrogens (tertiary/aromatic N) is 5. The molecule has 0 aromatic heterocycles. The summed E-state index contributed by atoms with van der Waals surface area (Å²) in [5.74, 6) is -2.74. The molecule has 0 radical (unpaired) electrons. The summed E-state index contributed by atoms with van der Waals surface area (Å²) in [6.07, 6.45) is 10.2. The Balaban J connectivity index is 0.000000139. The van der Waals surface area contributed by atoms with E-state index in [1.54, 1.807) is 66.7 Å². The minimum Gasteiger partial charge on any atom is -0.423 e. The normalized spacial score (nSPS) is 15.7. The predicted octanol–water partition coefficient (Wildman–Crippen LogP) is 11.9. The largest absolute Gasteiger partial charge is 0.488 e. The summed E-state index contributed by atoms with van der Waals surface area (Å²) in [6, 6.07) is 52.3. The van der Waals surface area contributed by atoms with Crippen LogP contribution in [0.25, 0.3) is 11.1 Å². The van der Waals surface area contributed by atoms with Gasteiger partial charge in [-0.1, -0.05) is 135 Å².